The molecule has 2 aliphatic heterocycles. The Bertz CT molecular complexity index is 867. The lowest BCUT2D eigenvalue weighted by molar-refractivity contribution is -0.128. The number of amides is 2. The summed E-state index contributed by atoms with van der Waals surface area (Å²) in [4.78, 5) is 30.0. The summed E-state index contributed by atoms with van der Waals surface area (Å²) in [5.41, 5.74) is 7.83. The molecular weight excluding hydrogens is 322 g/mol. The number of para-hydroxylation sites is 2. The number of hydrogen-bond acceptors (Lipinski definition) is 5. The monoisotopic (exact) mass is 339 g/mol. The standard InChI is InChI=1S/C18H17N3O4/c1-21-14-4-2-3-5-15(14)24-9-12(18(21)23)16-11-6-13(17(19)22)20-7-10(11)8-25-16/h2-7,12,16H,8-9H2,1H3,(H2,19,22)/t12-,16?/m0/s1. The zero-order valence-electron chi connectivity index (χ0n) is 13.6. The number of carbonyl (C=O) groups excluding carboxylic acids is 2. The van der Waals surface area contributed by atoms with Crippen LogP contribution < -0.4 is 15.4 Å². The van der Waals surface area contributed by atoms with Crippen LogP contribution in [0.3, 0.4) is 0 Å². The van der Waals surface area contributed by atoms with Gasteiger partial charge in [-0.15, -0.1) is 0 Å². The van der Waals surface area contributed by atoms with Crippen LogP contribution in [0, 0.1) is 5.92 Å². The molecule has 3 heterocycles. The van der Waals surface area contributed by atoms with Gasteiger partial charge in [-0.1, -0.05) is 12.1 Å². The molecule has 0 saturated carbocycles. The fraction of sp³-hybridized carbons (Fsp3) is 0.278. The highest BCUT2D eigenvalue weighted by Gasteiger charge is 2.40. The molecule has 4 rings (SSSR count). The van der Waals surface area contributed by atoms with Crippen molar-refractivity contribution < 1.29 is 19.1 Å². The van der Waals surface area contributed by atoms with Gasteiger partial charge in [-0.3, -0.25) is 14.6 Å². The number of anilines is 1. The first kappa shape index (κ1) is 15.6. The van der Waals surface area contributed by atoms with Gasteiger partial charge < -0.3 is 20.1 Å². The van der Waals surface area contributed by atoms with Crippen LogP contribution in [-0.4, -0.2) is 30.5 Å². The maximum atomic E-state index is 13.0. The van der Waals surface area contributed by atoms with Crippen molar-refractivity contribution in [3.05, 3.63) is 53.3 Å². The van der Waals surface area contributed by atoms with Crippen LogP contribution in [0.1, 0.15) is 27.7 Å². The molecular formula is C18H17N3O4. The Morgan fingerprint density at radius 1 is 1.36 bits per heavy atom. The molecule has 2 aliphatic rings. The molecule has 2 atom stereocenters. The van der Waals surface area contributed by atoms with Crippen LogP contribution in [0.25, 0.3) is 0 Å². The fourth-order valence-electron chi connectivity index (χ4n) is 3.31. The quantitative estimate of drug-likeness (QED) is 0.893. The average Bonchev–Trinajstić information content (AvgIpc) is 2.99. The Balaban J connectivity index is 1.70. The molecule has 0 fully saturated rings. The first-order chi connectivity index (χ1) is 12.1. The molecule has 1 unspecified atom stereocenters. The van der Waals surface area contributed by atoms with E-state index in [1.54, 1.807) is 24.2 Å². The van der Waals surface area contributed by atoms with Gasteiger partial charge in [0.15, 0.2) is 0 Å². The van der Waals surface area contributed by atoms with Gasteiger partial charge in [0.05, 0.1) is 18.4 Å². The summed E-state index contributed by atoms with van der Waals surface area (Å²) in [6.45, 7) is 0.533. The fourth-order valence-corrected chi connectivity index (χ4v) is 3.31. The highest BCUT2D eigenvalue weighted by Crippen LogP contribution is 2.40. The largest absolute Gasteiger partial charge is 0.490 e. The van der Waals surface area contributed by atoms with E-state index in [0.29, 0.717) is 12.4 Å². The van der Waals surface area contributed by atoms with E-state index in [1.165, 1.54) is 0 Å². The zero-order chi connectivity index (χ0) is 17.6. The van der Waals surface area contributed by atoms with Gasteiger partial charge in [-0.05, 0) is 23.8 Å². The molecule has 2 amide bonds. The SMILES string of the molecule is CN1C(=O)[C@H](C2OCc3cnc(C(N)=O)cc32)COc2ccccc21. The van der Waals surface area contributed by atoms with E-state index < -0.39 is 17.9 Å². The minimum Gasteiger partial charge on any atom is -0.490 e. The van der Waals surface area contributed by atoms with Crippen molar-refractivity contribution in [1.29, 1.82) is 0 Å². The number of ether oxygens (including phenoxy) is 2. The summed E-state index contributed by atoms with van der Waals surface area (Å²) < 4.78 is 11.7. The number of aromatic nitrogens is 1. The van der Waals surface area contributed by atoms with E-state index in [9.17, 15) is 9.59 Å². The molecule has 0 radical (unpaired) electrons. The first-order valence-electron chi connectivity index (χ1n) is 7.96. The summed E-state index contributed by atoms with van der Waals surface area (Å²) in [7, 11) is 1.72. The van der Waals surface area contributed by atoms with Crippen molar-refractivity contribution in [2.45, 2.75) is 12.7 Å². The second-order valence-corrected chi connectivity index (χ2v) is 6.15. The lowest BCUT2D eigenvalue weighted by atomic mass is 9.94. The third kappa shape index (κ3) is 2.53. The molecule has 2 N–H and O–H groups in total. The molecule has 1 aromatic heterocycles. The maximum Gasteiger partial charge on any atom is 0.267 e. The third-order valence-electron chi connectivity index (χ3n) is 4.66. The van der Waals surface area contributed by atoms with Gasteiger partial charge in [0.1, 0.15) is 24.0 Å². The van der Waals surface area contributed by atoms with Gasteiger partial charge in [0, 0.05) is 18.8 Å². The molecule has 128 valence electrons. The number of pyridine rings is 1. The van der Waals surface area contributed by atoms with E-state index in [-0.39, 0.29) is 18.2 Å². The van der Waals surface area contributed by atoms with Gasteiger partial charge in [-0.2, -0.15) is 0 Å². The van der Waals surface area contributed by atoms with Crippen molar-refractivity contribution in [2.75, 3.05) is 18.6 Å². The molecule has 7 heteroatoms. The first-order valence-corrected chi connectivity index (χ1v) is 7.96. The number of carbonyl (C=O) groups is 2. The van der Waals surface area contributed by atoms with Gasteiger partial charge >= 0.3 is 0 Å². The molecule has 0 saturated heterocycles. The smallest absolute Gasteiger partial charge is 0.267 e. The van der Waals surface area contributed by atoms with Crippen molar-refractivity contribution >= 4 is 17.5 Å². The topological polar surface area (TPSA) is 94.8 Å². The van der Waals surface area contributed by atoms with Crippen molar-refractivity contribution in [3.63, 3.8) is 0 Å². The molecule has 0 spiro atoms. The van der Waals surface area contributed by atoms with Gasteiger partial charge in [-0.25, -0.2) is 0 Å². The van der Waals surface area contributed by atoms with Gasteiger partial charge in [0.2, 0.25) is 5.91 Å². The number of benzene rings is 1. The van der Waals surface area contributed by atoms with Crippen molar-refractivity contribution in [3.8, 4) is 5.75 Å². The van der Waals surface area contributed by atoms with Crippen LogP contribution in [0.15, 0.2) is 36.5 Å². The van der Waals surface area contributed by atoms with Gasteiger partial charge in [0.25, 0.3) is 5.91 Å². The number of nitrogens with zero attached hydrogens (tertiary/aromatic N) is 2. The second-order valence-electron chi connectivity index (χ2n) is 6.15. The summed E-state index contributed by atoms with van der Waals surface area (Å²) in [6.07, 6.45) is 1.08. The molecule has 25 heavy (non-hydrogen) atoms. The average molecular weight is 339 g/mol. The van der Waals surface area contributed by atoms with Crippen molar-refractivity contribution in [1.82, 2.24) is 4.98 Å². The highest BCUT2D eigenvalue weighted by atomic mass is 16.5. The van der Waals surface area contributed by atoms with E-state index in [2.05, 4.69) is 4.98 Å². The van der Waals surface area contributed by atoms with Crippen LogP contribution in [0.4, 0.5) is 5.69 Å². The Kier molecular flexibility index (Phi) is 3.65. The summed E-state index contributed by atoms with van der Waals surface area (Å²) in [6, 6.07) is 9.01. The number of fused-ring (bicyclic) bond motifs is 2. The van der Waals surface area contributed by atoms with Crippen LogP contribution >= 0.6 is 0 Å². The minimum absolute atomic E-state index is 0.0970. The highest BCUT2D eigenvalue weighted by molar-refractivity contribution is 5.97. The molecule has 0 aliphatic carbocycles. The van der Waals surface area contributed by atoms with E-state index in [1.807, 2.05) is 24.3 Å². The molecule has 7 nitrogen and oxygen atoms in total. The van der Waals surface area contributed by atoms with E-state index in [4.69, 9.17) is 15.2 Å². The molecule has 2 aromatic rings. The molecule has 0 bridgehead atoms. The van der Waals surface area contributed by atoms with Crippen LogP contribution in [0.2, 0.25) is 0 Å². The Labute approximate surface area is 144 Å². The summed E-state index contributed by atoms with van der Waals surface area (Å²) >= 11 is 0. The molecule has 1 aromatic carbocycles. The number of primary amides is 1. The minimum atomic E-state index is -0.610. The number of rotatable bonds is 2. The third-order valence-corrected chi connectivity index (χ3v) is 4.66. The maximum absolute atomic E-state index is 13.0. The normalized spacial score (nSPS) is 22.0. The zero-order valence-corrected chi connectivity index (χ0v) is 13.6. The van der Waals surface area contributed by atoms with Crippen LogP contribution in [-0.2, 0) is 16.1 Å². The number of nitrogens with two attached hydrogens (primary N) is 1. The predicted octanol–water partition coefficient (Wildman–Crippen LogP) is 1.42. The predicted molar refractivity (Wildman–Crippen MR) is 89.1 cm³/mol. The Morgan fingerprint density at radius 3 is 2.96 bits per heavy atom. The Hall–Kier alpha value is -2.93. The lowest BCUT2D eigenvalue weighted by Crippen LogP contribution is -2.37. The summed E-state index contributed by atoms with van der Waals surface area (Å²) in [5, 5.41) is 0. The van der Waals surface area contributed by atoms with Crippen LogP contribution in [0.5, 0.6) is 5.75 Å². The number of hydrogen-bond donors (Lipinski definition) is 1. The van der Waals surface area contributed by atoms with E-state index in [0.717, 1.165) is 16.8 Å². The van der Waals surface area contributed by atoms with Crippen molar-refractivity contribution in [2.24, 2.45) is 11.7 Å². The lowest BCUT2D eigenvalue weighted by Gasteiger charge is -2.24. The second kappa shape index (κ2) is 5.86. The van der Waals surface area contributed by atoms with E-state index >= 15 is 0 Å². The summed E-state index contributed by atoms with van der Waals surface area (Å²) in [5.74, 6) is -0.574. The Morgan fingerprint density at radius 2 is 2.16 bits per heavy atom.